The van der Waals surface area contributed by atoms with Crippen molar-refractivity contribution in [2.45, 2.75) is 6.92 Å². The summed E-state index contributed by atoms with van der Waals surface area (Å²) in [6.07, 6.45) is 0. The fourth-order valence-electron chi connectivity index (χ4n) is 2.47. The Kier molecular flexibility index (Phi) is 3.01. The Hall–Kier alpha value is -3.28. The van der Waals surface area contributed by atoms with Gasteiger partial charge in [0, 0.05) is 16.8 Å². The van der Waals surface area contributed by atoms with Gasteiger partial charge in [0.05, 0.1) is 5.69 Å². The number of aromatic nitrogens is 4. The average molecular weight is 304 g/mol. The number of benzene rings is 2. The molecule has 0 aliphatic heterocycles. The van der Waals surface area contributed by atoms with Crippen LogP contribution in [0.5, 0.6) is 0 Å². The second-order valence-corrected chi connectivity index (χ2v) is 5.22. The lowest BCUT2D eigenvalue weighted by Crippen LogP contribution is -2.15. The molecule has 0 N–H and O–H groups in total. The summed E-state index contributed by atoms with van der Waals surface area (Å²) in [6, 6.07) is 16.7. The van der Waals surface area contributed by atoms with E-state index in [9.17, 15) is 4.79 Å². The Balaban J connectivity index is 1.75. The topological polar surface area (TPSA) is 73.8 Å². The van der Waals surface area contributed by atoms with Crippen molar-refractivity contribution in [1.29, 1.82) is 0 Å². The number of hydrogen-bond donors (Lipinski definition) is 0. The van der Waals surface area contributed by atoms with Crippen LogP contribution in [0.4, 0.5) is 0 Å². The molecule has 0 unspecified atom stereocenters. The van der Waals surface area contributed by atoms with Crippen LogP contribution in [0.3, 0.4) is 0 Å². The summed E-state index contributed by atoms with van der Waals surface area (Å²) in [7, 11) is 0. The van der Waals surface area contributed by atoms with Crippen LogP contribution in [0, 0.1) is 6.92 Å². The van der Waals surface area contributed by atoms with Crippen molar-refractivity contribution in [2.75, 3.05) is 0 Å². The molecule has 0 fully saturated rings. The zero-order valence-electron chi connectivity index (χ0n) is 12.3. The molecular formula is C17H12N4O2. The minimum absolute atomic E-state index is 0.213. The molecule has 0 saturated carbocycles. The monoisotopic (exact) mass is 304 g/mol. The highest BCUT2D eigenvalue weighted by Gasteiger charge is 2.16. The fourth-order valence-corrected chi connectivity index (χ4v) is 2.47. The fraction of sp³-hybridized carbons (Fsp3) is 0.0588. The van der Waals surface area contributed by atoms with Crippen molar-refractivity contribution in [2.24, 2.45) is 0 Å². The number of aryl methyl sites for hydroxylation is 1. The summed E-state index contributed by atoms with van der Waals surface area (Å²) in [4.78, 5) is 12.7. The highest BCUT2D eigenvalue weighted by atomic mass is 16.6. The third-order valence-corrected chi connectivity index (χ3v) is 3.65. The quantitative estimate of drug-likeness (QED) is 0.569. The van der Waals surface area contributed by atoms with Gasteiger partial charge < -0.3 is 0 Å². The first kappa shape index (κ1) is 13.4. The number of carbonyl (C=O) groups excluding carboxylic acids is 1. The van der Waals surface area contributed by atoms with Gasteiger partial charge in [0.1, 0.15) is 11.0 Å². The summed E-state index contributed by atoms with van der Waals surface area (Å²) in [5.41, 5.74) is 4.15. The zero-order valence-corrected chi connectivity index (χ0v) is 12.3. The first-order valence-electron chi connectivity index (χ1n) is 7.11. The van der Waals surface area contributed by atoms with Crippen LogP contribution in [0.15, 0.2) is 59.2 Å². The third-order valence-electron chi connectivity index (χ3n) is 3.65. The largest absolute Gasteiger partial charge is 0.278 e. The molecule has 0 amide bonds. The van der Waals surface area contributed by atoms with E-state index >= 15 is 0 Å². The predicted octanol–water partition coefficient (Wildman–Crippen LogP) is 3.08. The maximum atomic E-state index is 12.7. The lowest BCUT2D eigenvalue weighted by Gasteiger charge is -2.02. The minimum atomic E-state index is -0.213. The van der Waals surface area contributed by atoms with E-state index in [1.807, 2.05) is 43.3 Å². The van der Waals surface area contributed by atoms with Crippen molar-refractivity contribution in [3.05, 3.63) is 65.9 Å². The van der Waals surface area contributed by atoms with E-state index in [0.717, 1.165) is 17.0 Å². The third kappa shape index (κ3) is 2.30. The molecule has 4 rings (SSSR count). The van der Waals surface area contributed by atoms with Gasteiger partial charge in [-0.1, -0.05) is 30.3 Å². The van der Waals surface area contributed by atoms with E-state index in [-0.39, 0.29) is 5.91 Å². The van der Waals surface area contributed by atoms with Crippen LogP contribution >= 0.6 is 0 Å². The summed E-state index contributed by atoms with van der Waals surface area (Å²) in [5.74, 6) is -0.213. The first-order valence-corrected chi connectivity index (χ1v) is 7.11. The molecule has 2 aromatic heterocycles. The Morgan fingerprint density at radius 1 is 1.00 bits per heavy atom. The van der Waals surface area contributed by atoms with Gasteiger partial charge in [0.15, 0.2) is 0 Å². The number of fused-ring (bicyclic) bond motifs is 1. The molecule has 0 aliphatic rings. The van der Waals surface area contributed by atoms with Crippen LogP contribution < -0.4 is 0 Å². The SMILES string of the molecule is Cc1cc(-c2ccccc2)nn1C(=O)c1ccc2nonc2c1. The molecule has 6 nitrogen and oxygen atoms in total. The van der Waals surface area contributed by atoms with Crippen LogP contribution in [0.1, 0.15) is 16.1 Å². The average Bonchev–Trinajstić information content (AvgIpc) is 3.20. The second kappa shape index (κ2) is 5.17. The molecule has 0 radical (unpaired) electrons. The van der Waals surface area contributed by atoms with Crippen molar-refractivity contribution >= 4 is 16.9 Å². The van der Waals surface area contributed by atoms with Crippen LogP contribution in [0.25, 0.3) is 22.3 Å². The standard InChI is InChI=1S/C17H12N4O2/c1-11-9-15(12-5-3-2-4-6-12)18-21(11)17(22)13-7-8-14-16(10-13)20-23-19-14/h2-10H,1H3. The van der Waals surface area contributed by atoms with E-state index in [2.05, 4.69) is 20.0 Å². The van der Waals surface area contributed by atoms with Gasteiger partial charge in [-0.2, -0.15) is 5.10 Å². The number of rotatable bonds is 2. The lowest BCUT2D eigenvalue weighted by molar-refractivity contribution is 0.0943. The molecular weight excluding hydrogens is 292 g/mol. The van der Waals surface area contributed by atoms with E-state index in [1.165, 1.54) is 4.68 Å². The predicted molar refractivity (Wildman–Crippen MR) is 83.9 cm³/mol. The molecule has 0 saturated heterocycles. The van der Waals surface area contributed by atoms with Gasteiger partial charge in [0.25, 0.3) is 5.91 Å². The highest BCUT2D eigenvalue weighted by Crippen LogP contribution is 2.20. The first-order chi connectivity index (χ1) is 11.2. The van der Waals surface area contributed by atoms with E-state index < -0.39 is 0 Å². The van der Waals surface area contributed by atoms with Gasteiger partial charge in [-0.3, -0.25) is 4.79 Å². The molecule has 6 heteroatoms. The Bertz CT molecular complexity index is 1000. The zero-order chi connectivity index (χ0) is 15.8. The van der Waals surface area contributed by atoms with Gasteiger partial charge in [-0.05, 0) is 41.5 Å². The normalized spacial score (nSPS) is 11.0. The molecule has 0 spiro atoms. The Morgan fingerprint density at radius 3 is 2.61 bits per heavy atom. The summed E-state index contributed by atoms with van der Waals surface area (Å²) in [5, 5.41) is 11.9. The minimum Gasteiger partial charge on any atom is -0.267 e. The molecule has 23 heavy (non-hydrogen) atoms. The molecule has 0 aliphatic carbocycles. The van der Waals surface area contributed by atoms with E-state index in [1.54, 1.807) is 18.2 Å². The maximum absolute atomic E-state index is 12.7. The second-order valence-electron chi connectivity index (χ2n) is 5.22. The van der Waals surface area contributed by atoms with Crippen LogP contribution in [-0.4, -0.2) is 26.0 Å². The van der Waals surface area contributed by atoms with Crippen molar-refractivity contribution in [3.8, 4) is 11.3 Å². The Morgan fingerprint density at radius 2 is 1.78 bits per heavy atom. The van der Waals surface area contributed by atoms with Gasteiger partial charge in [0.2, 0.25) is 0 Å². The van der Waals surface area contributed by atoms with Gasteiger partial charge >= 0.3 is 0 Å². The summed E-state index contributed by atoms with van der Waals surface area (Å²) >= 11 is 0. The van der Waals surface area contributed by atoms with Gasteiger partial charge in [-0.15, -0.1) is 0 Å². The molecule has 0 atom stereocenters. The number of carbonyl (C=O) groups is 1. The molecule has 2 aromatic carbocycles. The number of nitrogens with zero attached hydrogens (tertiary/aromatic N) is 4. The Labute approximate surface area is 131 Å². The van der Waals surface area contributed by atoms with Gasteiger partial charge in [-0.25, -0.2) is 9.31 Å². The van der Waals surface area contributed by atoms with Crippen LogP contribution in [-0.2, 0) is 0 Å². The van der Waals surface area contributed by atoms with Crippen molar-refractivity contribution in [1.82, 2.24) is 20.1 Å². The number of hydrogen-bond acceptors (Lipinski definition) is 5. The van der Waals surface area contributed by atoms with Crippen molar-refractivity contribution < 1.29 is 9.42 Å². The smallest absolute Gasteiger partial charge is 0.267 e. The van der Waals surface area contributed by atoms with Crippen LogP contribution in [0.2, 0.25) is 0 Å². The lowest BCUT2D eigenvalue weighted by atomic mass is 10.1. The molecule has 112 valence electrons. The molecule has 0 bridgehead atoms. The van der Waals surface area contributed by atoms with E-state index in [0.29, 0.717) is 16.6 Å². The van der Waals surface area contributed by atoms with E-state index in [4.69, 9.17) is 0 Å². The molecule has 4 aromatic rings. The van der Waals surface area contributed by atoms with Crippen molar-refractivity contribution in [3.63, 3.8) is 0 Å². The summed E-state index contributed by atoms with van der Waals surface area (Å²) in [6.45, 7) is 1.85. The summed E-state index contributed by atoms with van der Waals surface area (Å²) < 4.78 is 6.06. The highest BCUT2D eigenvalue weighted by molar-refractivity contribution is 5.98. The maximum Gasteiger partial charge on any atom is 0.278 e. The molecule has 2 heterocycles.